The Labute approximate surface area is 305 Å². The first-order chi connectivity index (χ1) is 24.3. The molecule has 2 aliphatic rings. The van der Waals surface area contributed by atoms with Crippen LogP contribution in [0.5, 0.6) is 11.5 Å². The van der Waals surface area contributed by atoms with Gasteiger partial charge in [0.25, 0.3) is 5.91 Å². The van der Waals surface area contributed by atoms with Gasteiger partial charge in [-0.05, 0) is 67.5 Å². The highest BCUT2D eigenvalue weighted by molar-refractivity contribution is 8.77. The number of para-hydroxylation sites is 1. The van der Waals surface area contributed by atoms with Crippen molar-refractivity contribution in [1.29, 1.82) is 0 Å². The van der Waals surface area contributed by atoms with E-state index in [9.17, 15) is 4.79 Å². The molecular weight excluding hydrogens is 671 g/mol. The number of amides is 1. The summed E-state index contributed by atoms with van der Waals surface area (Å²) in [7, 11) is 6.95. The lowest BCUT2D eigenvalue weighted by atomic mass is 10.0. The Kier molecular flexibility index (Phi) is 13.9. The van der Waals surface area contributed by atoms with Gasteiger partial charge in [0.2, 0.25) is 0 Å². The molecule has 11 heteroatoms. The second-order valence-electron chi connectivity index (χ2n) is 13.1. The molecule has 3 aromatic rings. The van der Waals surface area contributed by atoms with Gasteiger partial charge in [0, 0.05) is 55.0 Å². The summed E-state index contributed by atoms with van der Waals surface area (Å²) >= 11 is 0. The van der Waals surface area contributed by atoms with Crippen molar-refractivity contribution in [3.63, 3.8) is 0 Å². The molecule has 0 spiro atoms. The van der Waals surface area contributed by atoms with Gasteiger partial charge in [-0.1, -0.05) is 59.2 Å². The van der Waals surface area contributed by atoms with E-state index in [4.69, 9.17) is 28.7 Å². The first-order valence-corrected chi connectivity index (χ1v) is 19.9. The topological polar surface area (TPSA) is 82.1 Å². The number of fused-ring (bicyclic) bond motifs is 4. The Bertz CT molecular complexity index is 1620. The fourth-order valence-corrected chi connectivity index (χ4v) is 8.61. The molecule has 270 valence electrons. The third kappa shape index (κ3) is 9.76. The number of rotatable bonds is 20. The first-order valence-electron chi connectivity index (χ1n) is 17.3. The summed E-state index contributed by atoms with van der Waals surface area (Å²) in [5, 5.41) is 0. The third-order valence-electron chi connectivity index (χ3n) is 8.65. The van der Waals surface area contributed by atoms with Crippen LogP contribution in [-0.4, -0.2) is 89.5 Å². The van der Waals surface area contributed by atoms with Crippen molar-refractivity contribution < 1.29 is 28.5 Å². The zero-order valence-corrected chi connectivity index (χ0v) is 31.9. The van der Waals surface area contributed by atoms with E-state index in [0.29, 0.717) is 62.4 Å². The fraction of sp³-hybridized carbons (Fsp3) is 0.487. The van der Waals surface area contributed by atoms with Gasteiger partial charge in [0.15, 0.2) is 11.5 Å². The number of benzene rings is 3. The van der Waals surface area contributed by atoms with Gasteiger partial charge in [-0.25, -0.2) is 0 Å². The molecule has 2 aliphatic heterocycles. The molecule has 1 atom stereocenters. The Balaban J connectivity index is 1.35. The molecule has 2 heterocycles. The SMILES string of the molecule is CCCc1cc(COc2cc3c(cc2OC)C(=O)N2c4ccccc4CC2C=N3)cc(N(CCOCCOCCOC)CC(C)(C)SSC)c1. The molecule has 0 aromatic heterocycles. The smallest absolute Gasteiger partial charge is 0.261 e. The van der Waals surface area contributed by atoms with Crippen molar-refractivity contribution in [2.45, 2.75) is 57.4 Å². The lowest BCUT2D eigenvalue weighted by Gasteiger charge is -2.34. The van der Waals surface area contributed by atoms with E-state index in [1.165, 1.54) is 5.56 Å². The zero-order chi connectivity index (χ0) is 35.5. The van der Waals surface area contributed by atoms with Crippen LogP contribution in [0.1, 0.15) is 54.2 Å². The van der Waals surface area contributed by atoms with E-state index in [2.05, 4.69) is 56.2 Å². The van der Waals surface area contributed by atoms with E-state index in [-0.39, 0.29) is 16.7 Å². The maximum Gasteiger partial charge on any atom is 0.261 e. The van der Waals surface area contributed by atoms with Crippen LogP contribution in [0.2, 0.25) is 0 Å². The van der Waals surface area contributed by atoms with Gasteiger partial charge in [-0.15, -0.1) is 0 Å². The van der Waals surface area contributed by atoms with E-state index >= 15 is 0 Å². The molecule has 9 nitrogen and oxygen atoms in total. The van der Waals surface area contributed by atoms with Crippen molar-refractivity contribution in [3.05, 3.63) is 76.9 Å². The lowest BCUT2D eigenvalue weighted by molar-refractivity contribution is 0.0264. The van der Waals surface area contributed by atoms with Crippen molar-refractivity contribution in [1.82, 2.24) is 0 Å². The molecule has 1 unspecified atom stereocenters. The van der Waals surface area contributed by atoms with Gasteiger partial charge >= 0.3 is 0 Å². The Morgan fingerprint density at radius 2 is 1.72 bits per heavy atom. The van der Waals surface area contributed by atoms with Crippen LogP contribution in [0.4, 0.5) is 17.1 Å². The minimum absolute atomic E-state index is 0.0183. The molecule has 3 aromatic carbocycles. The molecule has 0 N–H and O–H groups in total. The zero-order valence-electron chi connectivity index (χ0n) is 30.2. The normalized spacial score (nSPS) is 15.0. The largest absolute Gasteiger partial charge is 0.493 e. The summed E-state index contributed by atoms with van der Waals surface area (Å²) in [6, 6.07) is 18.3. The van der Waals surface area contributed by atoms with Crippen LogP contribution < -0.4 is 19.3 Å². The highest BCUT2D eigenvalue weighted by Gasteiger charge is 2.36. The molecule has 0 radical (unpaired) electrons. The lowest BCUT2D eigenvalue weighted by Crippen LogP contribution is -2.38. The average molecular weight is 722 g/mol. The predicted octanol–water partition coefficient (Wildman–Crippen LogP) is 7.79. The van der Waals surface area contributed by atoms with Gasteiger partial charge in [0.05, 0.1) is 57.4 Å². The number of methoxy groups -OCH3 is 2. The van der Waals surface area contributed by atoms with Gasteiger partial charge in [-0.3, -0.25) is 14.7 Å². The average Bonchev–Trinajstić information content (AvgIpc) is 3.42. The molecule has 5 rings (SSSR count). The monoisotopic (exact) mass is 721 g/mol. The van der Waals surface area contributed by atoms with Crippen LogP contribution in [0.25, 0.3) is 0 Å². The summed E-state index contributed by atoms with van der Waals surface area (Å²) in [4.78, 5) is 22.9. The highest BCUT2D eigenvalue weighted by Crippen LogP contribution is 2.41. The number of nitrogens with zero attached hydrogens (tertiary/aromatic N) is 3. The second kappa shape index (κ2) is 18.3. The quantitative estimate of drug-likeness (QED) is 0.0858. The number of ether oxygens (including phenoxy) is 5. The predicted molar refractivity (Wildman–Crippen MR) is 208 cm³/mol. The number of anilines is 2. The van der Waals surface area contributed by atoms with Crippen molar-refractivity contribution >= 4 is 50.8 Å². The summed E-state index contributed by atoms with van der Waals surface area (Å²) in [5.74, 6) is 0.972. The fourth-order valence-electron chi connectivity index (χ4n) is 6.44. The van der Waals surface area contributed by atoms with Gasteiger partial charge < -0.3 is 28.6 Å². The van der Waals surface area contributed by atoms with Gasteiger partial charge in [-0.2, -0.15) is 0 Å². The van der Waals surface area contributed by atoms with Crippen LogP contribution in [0.15, 0.2) is 59.6 Å². The second-order valence-corrected chi connectivity index (χ2v) is 16.2. The summed E-state index contributed by atoms with van der Waals surface area (Å²) in [6.07, 6.45) is 6.75. The minimum Gasteiger partial charge on any atom is -0.493 e. The highest BCUT2D eigenvalue weighted by atomic mass is 33.1. The molecule has 0 saturated heterocycles. The third-order valence-corrected chi connectivity index (χ3v) is 11.3. The molecule has 0 saturated carbocycles. The summed E-state index contributed by atoms with van der Waals surface area (Å²) < 4.78 is 28.9. The number of aryl methyl sites for hydroxylation is 1. The molecule has 1 amide bonds. The Hall–Kier alpha value is -3.22. The standard InChI is InChI=1S/C39H51N3O6S2/c1-7-10-28-19-29(21-31(20-28)41(27-39(2,3)50-49-6)13-14-46-17-18-47-16-15-44-4)26-48-37-24-34-33(23-36(37)45-5)38(43)42-32(25-40-34)22-30-11-8-9-12-35(30)42/h8-9,11-12,19-21,23-25,32H,7,10,13-18,22,26-27H2,1-6H3. The molecule has 0 aliphatic carbocycles. The molecule has 0 bridgehead atoms. The Morgan fingerprint density at radius 1 is 0.960 bits per heavy atom. The van der Waals surface area contributed by atoms with E-state index < -0.39 is 0 Å². The maximum atomic E-state index is 13.9. The Morgan fingerprint density at radius 3 is 2.48 bits per heavy atom. The van der Waals surface area contributed by atoms with E-state index in [1.54, 1.807) is 31.1 Å². The van der Waals surface area contributed by atoms with Crippen molar-refractivity contribution in [2.75, 3.05) is 76.4 Å². The van der Waals surface area contributed by atoms with Crippen molar-refractivity contribution in [2.24, 2.45) is 4.99 Å². The first kappa shape index (κ1) is 38.0. The number of aliphatic imine (C=N–C) groups is 1. The summed E-state index contributed by atoms with van der Waals surface area (Å²) in [6.45, 7) is 11.5. The van der Waals surface area contributed by atoms with Crippen LogP contribution >= 0.6 is 21.6 Å². The molecular formula is C39H51N3O6S2. The minimum atomic E-state index is -0.121. The number of hydrogen-bond acceptors (Lipinski definition) is 10. The number of hydrogen-bond donors (Lipinski definition) is 0. The van der Waals surface area contributed by atoms with Crippen LogP contribution in [0, 0.1) is 0 Å². The molecule has 50 heavy (non-hydrogen) atoms. The van der Waals surface area contributed by atoms with Gasteiger partial charge in [0.1, 0.15) is 6.61 Å². The maximum absolute atomic E-state index is 13.9. The van der Waals surface area contributed by atoms with Crippen LogP contribution in [0.3, 0.4) is 0 Å². The van der Waals surface area contributed by atoms with E-state index in [0.717, 1.165) is 54.9 Å². The number of carbonyl (C=O) groups is 1. The summed E-state index contributed by atoms with van der Waals surface area (Å²) in [5.41, 5.74) is 6.65. The number of carbonyl (C=O) groups excluding carboxylic acids is 1. The van der Waals surface area contributed by atoms with Crippen molar-refractivity contribution in [3.8, 4) is 11.5 Å². The molecule has 0 fully saturated rings. The van der Waals surface area contributed by atoms with E-state index in [1.807, 2.05) is 46.2 Å². The van der Waals surface area contributed by atoms with Crippen LogP contribution in [-0.2, 0) is 33.7 Å².